The maximum absolute atomic E-state index is 5.35. The van der Waals surface area contributed by atoms with E-state index in [-0.39, 0.29) is 24.0 Å². The molecule has 5 nitrogen and oxygen atoms in total. The van der Waals surface area contributed by atoms with Gasteiger partial charge in [0.05, 0.1) is 6.54 Å². The third kappa shape index (κ3) is 5.51. The molecule has 0 saturated carbocycles. The molecule has 0 atom stereocenters. The fourth-order valence-electron chi connectivity index (χ4n) is 1.80. The molecule has 2 N–H and O–H groups in total. The van der Waals surface area contributed by atoms with Gasteiger partial charge in [0.2, 0.25) is 0 Å². The zero-order chi connectivity index (χ0) is 14.9. The SMILES string of the molecule is C=CCNC(=NCc1cc(-c2ccccc2)on1)NCC.I. The maximum Gasteiger partial charge on any atom is 0.191 e. The second kappa shape index (κ2) is 9.99. The molecule has 1 heterocycles. The van der Waals surface area contributed by atoms with E-state index in [0.717, 1.165) is 29.5 Å². The molecular formula is C16H21IN4O. The molecule has 2 rings (SSSR count). The van der Waals surface area contributed by atoms with E-state index in [1.165, 1.54) is 0 Å². The van der Waals surface area contributed by atoms with E-state index >= 15 is 0 Å². The number of aliphatic imine (C=N–C) groups is 1. The lowest BCUT2D eigenvalue weighted by molar-refractivity contribution is 0.424. The lowest BCUT2D eigenvalue weighted by Crippen LogP contribution is -2.37. The summed E-state index contributed by atoms with van der Waals surface area (Å²) in [4.78, 5) is 4.45. The van der Waals surface area contributed by atoms with Crippen LogP contribution < -0.4 is 10.6 Å². The Morgan fingerprint density at radius 1 is 1.32 bits per heavy atom. The van der Waals surface area contributed by atoms with Crippen LogP contribution in [-0.2, 0) is 6.54 Å². The van der Waals surface area contributed by atoms with Gasteiger partial charge in [-0.2, -0.15) is 0 Å². The molecule has 0 fully saturated rings. The van der Waals surface area contributed by atoms with Gasteiger partial charge in [-0.15, -0.1) is 30.6 Å². The first-order valence-corrected chi connectivity index (χ1v) is 6.97. The molecule has 0 aliphatic rings. The molecule has 0 aliphatic carbocycles. The minimum atomic E-state index is 0. The Bertz CT molecular complexity index is 595. The van der Waals surface area contributed by atoms with Crippen LogP contribution in [0.15, 0.2) is 58.6 Å². The van der Waals surface area contributed by atoms with Crippen LogP contribution in [0.2, 0.25) is 0 Å². The molecule has 0 aliphatic heterocycles. The van der Waals surface area contributed by atoms with Gasteiger partial charge in [0.25, 0.3) is 0 Å². The quantitative estimate of drug-likeness (QED) is 0.331. The Labute approximate surface area is 147 Å². The number of benzene rings is 1. The Balaban J connectivity index is 0.00000242. The number of halogens is 1. The Morgan fingerprint density at radius 2 is 2.09 bits per heavy atom. The molecule has 6 heteroatoms. The zero-order valence-electron chi connectivity index (χ0n) is 12.6. The van der Waals surface area contributed by atoms with E-state index in [1.807, 2.05) is 43.3 Å². The molecule has 2 aromatic rings. The highest BCUT2D eigenvalue weighted by Crippen LogP contribution is 2.19. The summed E-state index contributed by atoms with van der Waals surface area (Å²) in [5.41, 5.74) is 1.81. The minimum Gasteiger partial charge on any atom is -0.357 e. The molecule has 1 aromatic heterocycles. The van der Waals surface area contributed by atoms with Crippen molar-refractivity contribution in [2.75, 3.05) is 13.1 Å². The smallest absolute Gasteiger partial charge is 0.191 e. The van der Waals surface area contributed by atoms with Crippen molar-refractivity contribution in [3.63, 3.8) is 0 Å². The number of nitrogens with zero attached hydrogens (tertiary/aromatic N) is 2. The summed E-state index contributed by atoms with van der Waals surface area (Å²) in [7, 11) is 0. The first-order chi connectivity index (χ1) is 10.3. The Hall–Kier alpha value is -1.83. The van der Waals surface area contributed by atoms with Crippen LogP contribution in [0.4, 0.5) is 0 Å². The summed E-state index contributed by atoms with van der Waals surface area (Å²) in [6, 6.07) is 11.8. The minimum absolute atomic E-state index is 0. The van der Waals surface area contributed by atoms with Gasteiger partial charge in [0.1, 0.15) is 5.69 Å². The predicted molar refractivity (Wildman–Crippen MR) is 100 cm³/mol. The standard InChI is InChI=1S/C16H20N4O.HI/c1-3-10-18-16(17-4-2)19-12-14-11-15(21-20-14)13-8-6-5-7-9-13;/h3,5-9,11H,1,4,10,12H2,2H3,(H2,17,18,19);1H. The van der Waals surface area contributed by atoms with Crippen molar-refractivity contribution in [2.24, 2.45) is 4.99 Å². The largest absolute Gasteiger partial charge is 0.357 e. The number of rotatable bonds is 6. The van der Waals surface area contributed by atoms with Crippen LogP contribution in [0.3, 0.4) is 0 Å². The van der Waals surface area contributed by atoms with Crippen LogP contribution in [-0.4, -0.2) is 24.2 Å². The molecule has 0 saturated heterocycles. The molecule has 0 unspecified atom stereocenters. The van der Waals surface area contributed by atoms with Gasteiger partial charge in [-0.05, 0) is 6.92 Å². The summed E-state index contributed by atoms with van der Waals surface area (Å²) >= 11 is 0. The van der Waals surface area contributed by atoms with Crippen molar-refractivity contribution in [1.82, 2.24) is 15.8 Å². The lowest BCUT2D eigenvalue weighted by Gasteiger charge is -2.08. The monoisotopic (exact) mass is 412 g/mol. The normalized spacial score (nSPS) is 10.7. The van der Waals surface area contributed by atoms with E-state index in [9.17, 15) is 0 Å². The molecule has 22 heavy (non-hydrogen) atoms. The fraction of sp³-hybridized carbons (Fsp3) is 0.250. The second-order valence-electron chi connectivity index (χ2n) is 4.41. The fourth-order valence-corrected chi connectivity index (χ4v) is 1.80. The first kappa shape index (κ1) is 18.2. The van der Waals surface area contributed by atoms with Crippen molar-refractivity contribution in [2.45, 2.75) is 13.5 Å². The van der Waals surface area contributed by atoms with Crippen LogP contribution in [0.25, 0.3) is 11.3 Å². The van der Waals surface area contributed by atoms with Gasteiger partial charge in [-0.3, -0.25) is 0 Å². The van der Waals surface area contributed by atoms with Crippen molar-refractivity contribution in [3.05, 3.63) is 54.7 Å². The summed E-state index contributed by atoms with van der Waals surface area (Å²) in [6.07, 6.45) is 1.79. The van der Waals surface area contributed by atoms with Gasteiger partial charge in [-0.1, -0.05) is 41.6 Å². The summed E-state index contributed by atoms with van der Waals surface area (Å²) in [5.74, 6) is 1.49. The van der Waals surface area contributed by atoms with Crippen LogP contribution in [0.1, 0.15) is 12.6 Å². The van der Waals surface area contributed by atoms with Crippen LogP contribution in [0.5, 0.6) is 0 Å². The maximum atomic E-state index is 5.35. The average Bonchev–Trinajstić information content (AvgIpc) is 3.00. The summed E-state index contributed by atoms with van der Waals surface area (Å²) < 4.78 is 5.35. The van der Waals surface area contributed by atoms with Gasteiger partial charge in [0, 0.05) is 24.7 Å². The highest BCUT2D eigenvalue weighted by atomic mass is 127. The van der Waals surface area contributed by atoms with Crippen molar-refractivity contribution in [1.29, 1.82) is 0 Å². The molecule has 118 valence electrons. The third-order valence-electron chi connectivity index (χ3n) is 2.77. The Kier molecular flexibility index (Phi) is 8.27. The van der Waals surface area contributed by atoms with Crippen molar-refractivity contribution in [3.8, 4) is 11.3 Å². The van der Waals surface area contributed by atoms with Gasteiger partial charge in [-0.25, -0.2) is 4.99 Å². The second-order valence-corrected chi connectivity index (χ2v) is 4.41. The van der Waals surface area contributed by atoms with E-state index in [0.29, 0.717) is 13.1 Å². The molecule has 0 radical (unpaired) electrons. The van der Waals surface area contributed by atoms with E-state index < -0.39 is 0 Å². The molecule has 0 spiro atoms. The number of nitrogens with one attached hydrogen (secondary N) is 2. The topological polar surface area (TPSA) is 62.5 Å². The van der Waals surface area contributed by atoms with Crippen LogP contribution in [0, 0.1) is 0 Å². The summed E-state index contributed by atoms with van der Waals surface area (Å²) in [5, 5.41) is 10.3. The average molecular weight is 412 g/mol. The van der Waals surface area contributed by atoms with Crippen molar-refractivity contribution >= 4 is 29.9 Å². The molecule has 0 bridgehead atoms. The van der Waals surface area contributed by atoms with Gasteiger partial charge < -0.3 is 15.2 Å². The zero-order valence-corrected chi connectivity index (χ0v) is 14.9. The highest BCUT2D eigenvalue weighted by Gasteiger charge is 2.06. The number of guanidine groups is 1. The van der Waals surface area contributed by atoms with Gasteiger partial charge in [0.15, 0.2) is 11.7 Å². The van der Waals surface area contributed by atoms with Crippen LogP contribution >= 0.6 is 24.0 Å². The highest BCUT2D eigenvalue weighted by molar-refractivity contribution is 14.0. The predicted octanol–water partition coefficient (Wildman–Crippen LogP) is 3.20. The Morgan fingerprint density at radius 3 is 2.77 bits per heavy atom. The molecular weight excluding hydrogens is 391 g/mol. The first-order valence-electron chi connectivity index (χ1n) is 6.97. The summed E-state index contributed by atoms with van der Waals surface area (Å²) in [6.45, 7) is 7.63. The number of hydrogen-bond acceptors (Lipinski definition) is 3. The lowest BCUT2D eigenvalue weighted by atomic mass is 10.2. The molecule has 0 amide bonds. The van der Waals surface area contributed by atoms with E-state index in [2.05, 4.69) is 27.4 Å². The number of hydrogen-bond donors (Lipinski definition) is 2. The number of aromatic nitrogens is 1. The van der Waals surface area contributed by atoms with Crippen molar-refractivity contribution < 1.29 is 4.52 Å². The third-order valence-corrected chi connectivity index (χ3v) is 2.77. The van der Waals surface area contributed by atoms with E-state index in [4.69, 9.17) is 4.52 Å². The van der Waals surface area contributed by atoms with Gasteiger partial charge >= 0.3 is 0 Å². The van der Waals surface area contributed by atoms with E-state index in [1.54, 1.807) is 6.08 Å². The molecule has 1 aromatic carbocycles.